The monoisotopic (exact) mass is 495 g/mol. The number of halogens is 3. The van der Waals surface area contributed by atoms with E-state index in [0.29, 0.717) is 24.5 Å². The van der Waals surface area contributed by atoms with Crippen molar-refractivity contribution in [3.8, 4) is 17.6 Å². The van der Waals surface area contributed by atoms with Crippen LogP contribution in [-0.4, -0.2) is 36.9 Å². The van der Waals surface area contributed by atoms with Crippen LogP contribution < -0.4 is 4.74 Å². The normalized spacial score (nSPS) is 15.6. The Morgan fingerprint density at radius 1 is 1.06 bits per heavy atom. The summed E-state index contributed by atoms with van der Waals surface area (Å²) in [6.07, 6.45) is -1.58. The first-order valence-electron chi connectivity index (χ1n) is 10.6. The van der Waals surface area contributed by atoms with Crippen LogP contribution in [0.5, 0.6) is 5.75 Å². The van der Waals surface area contributed by atoms with Gasteiger partial charge in [-0.25, -0.2) is 13.2 Å². The molecule has 0 heterocycles. The molecule has 1 fully saturated rings. The lowest BCUT2D eigenvalue weighted by molar-refractivity contribution is -0.139. The topological polar surface area (TPSA) is 92.7 Å². The van der Waals surface area contributed by atoms with Crippen molar-refractivity contribution in [2.45, 2.75) is 43.9 Å². The Labute approximate surface area is 195 Å². The van der Waals surface area contributed by atoms with Crippen molar-refractivity contribution < 1.29 is 40.4 Å². The first kappa shape index (κ1) is 25.6. The predicted octanol–water partition coefficient (Wildman–Crippen LogP) is 4.54. The summed E-state index contributed by atoms with van der Waals surface area (Å²) in [6, 6.07) is 11.5. The molecule has 0 amide bonds. The summed E-state index contributed by atoms with van der Waals surface area (Å²) in [7, 11) is -4.61. The van der Waals surface area contributed by atoms with Crippen molar-refractivity contribution in [2.24, 2.45) is 0 Å². The van der Waals surface area contributed by atoms with Crippen LogP contribution in [0, 0.1) is 11.8 Å². The smallest absolute Gasteiger partial charge is 0.419 e. The molecule has 10 heteroatoms. The van der Waals surface area contributed by atoms with Crippen molar-refractivity contribution >= 4 is 16.1 Å². The van der Waals surface area contributed by atoms with Crippen LogP contribution in [0.2, 0.25) is 0 Å². The van der Waals surface area contributed by atoms with Crippen LogP contribution in [0.15, 0.2) is 48.5 Å². The van der Waals surface area contributed by atoms with Gasteiger partial charge >= 0.3 is 12.1 Å². The van der Waals surface area contributed by atoms with E-state index in [1.165, 1.54) is 0 Å². The van der Waals surface area contributed by atoms with Crippen molar-refractivity contribution in [2.75, 3.05) is 12.4 Å². The highest BCUT2D eigenvalue weighted by molar-refractivity contribution is 7.85. The van der Waals surface area contributed by atoms with Crippen LogP contribution in [0.1, 0.15) is 53.6 Å². The summed E-state index contributed by atoms with van der Waals surface area (Å²) >= 11 is 0. The lowest BCUT2D eigenvalue weighted by Gasteiger charge is -2.34. The van der Waals surface area contributed by atoms with E-state index in [1.54, 1.807) is 24.3 Å². The minimum Gasteiger partial charge on any atom is -0.748 e. The molecule has 0 atom stereocenters. The molecule has 0 saturated heterocycles. The van der Waals surface area contributed by atoms with E-state index in [1.807, 2.05) is 6.07 Å². The molecule has 0 aliphatic heterocycles. The molecular formula is C24H22F3O6S-. The Morgan fingerprint density at radius 2 is 1.74 bits per heavy atom. The zero-order valence-corrected chi connectivity index (χ0v) is 18.9. The number of rotatable bonds is 6. The Balaban J connectivity index is 1.93. The van der Waals surface area contributed by atoms with E-state index in [0.717, 1.165) is 31.4 Å². The van der Waals surface area contributed by atoms with Crippen LogP contribution in [-0.2, 0) is 21.0 Å². The second kappa shape index (κ2) is 10.5. The second-order valence-electron chi connectivity index (χ2n) is 7.88. The Kier molecular flexibility index (Phi) is 7.89. The molecule has 0 aromatic heterocycles. The van der Waals surface area contributed by atoms with Crippen LogP contribution in [0.25, 0.3) is 0 Å². The Hall–Kier alpha value is -3.03. The summed E-state index contributed by atoms with van der Waals surface area (Å²) in [5.74, 6) is 3.42. The third-order valence-corrected chi connectivity index (χ3v) is 5.93. The molecule has 0 spiro atoms. The fourth-order valence-corrected chi connectivity index (χ4v) is 3.87. The summed E-state index contributed by atoms with van der Waals surface area (Å²) in [5, 5.41) is 0. The van der Waals surface area contributed by atoms with E-state index in [4.69, 9.17) is 9.47 Å². The number of hydrogen-bond donors (Lipinski definition) is 0. The van der Waals surface area contributed by atoms with E-state index in [9.17, 15) is 30.9 Å². The maximum Gasteiger partial charge on any atom is 0.419 e. The van der Waals surface area contributed by atoms with Crippen molar-refractivity contribution in [1.82, 2.24) is 0 Å². The molecule has 0 N–H and O–H groups in total. The summed E-state index contributed by atoms with van der Waals surface area (Å²) in [6.45, 7) is -0.714. The molecule has 2 aromatic rings. The molecule has 0 unspecified atom stereocenters. The van der Waals surface area contributed by atoms with Gasteiger partial charge in [-0.05, 0) is 56.0 Å². The highest BCUT2D eigenvalue weighted by Gasteiger charge is 2.39. The van der Waals surface area contributed by atoms with Crippen LogP contribution >= 0.6 is 0 Å². The molecule has 2 aromatic carbocycles. The summed E-state index contributed by atoms with van der Waals surface area (Å²) < 4.78 is 83.8. The number of hydrogen-bond acceptors (Lipinski definition) is 6. The van der Waals surface area contributed by atoms with Crippen LogP contribution in [0.3, 0.4) is 0 Å². The van der Waals surface area contributed by atoms with Gasteiger partial charge in [0.1, 0.15) is 12.4 Å². The third kappa shape index (κ3) is 7.23. The Bertz CT molecular complexity index is 1170. The van der Waals surface area contributed by atoms with Gasteiger partial charge < -0.3 is 14.0 Å². The highest BCUT2D eigenvalue weighted by Crippen LogP contribution is 2.41. The van der Waals surface area contributed by atoms with Crippen molar-refractivity contribution in [1.29, 1.82) is 0 Å². The Morgan fingerprint density at radius 3 is 2.35 bits per heavy atom. The number of carbonyl (C=O) groups is 1. The maximum absolute atomic E-state index is 13.7. The van der Waals surface area contributed by atoms with Gasteiger partial charge in [0.05, 0.1) is 27.0 Å². The van der Waals surface area contributed by atoms with E-state index >= 15 is 0 Å². The van der Waals surface area contributed by atoms with Gasteiger partial charge in [0, 0.05) is 5.56 Å². The number of alkyl halides is 3. The quantitative estimate of drug-likeness (QED) is 0.332. The van der Waals surface area contributed by atoms with Gasteiger partial charge in [-0.15, -0.1) is 0 Å². The number of ether oxygens (including phenoxy) is 2. The van der Waals surface area contributed by atoms with E-state index in [2.05, 4.69) is 11.8 Å². The molecule has 6 nitrogen and oxygen atoms in total. The lowest BCUT2D eigenvalue weighted by Crippen LogP contribution is -2.37. The molecule has 182 valence electrons. The molecule has 34 heavy (non-hydrogen) atoms. The minimum absolute atomic E-state index is 0.270. The molecule has 0 radical (unpaired) electrons. The highest BCUT2D eigenvalue weighted by atomic mass is 32.2. The summed E-state index contributed by atoms with van der Waals surface area (Å²) in [5.41, 5.74) is -1.82. The van der Waals surface area contributed by atoms with Gasteiger partial charge in [-0.1, -0.05) is 36.5 Å². The van der Waals surface area contributed by atoms with Gasteiger partial charge in [0.15, 0.2) is 5.60 Å². The first-order valence-corrected chi connectivity index (χ1v) is 12.1. The second-order valence-corrected chi connectivity index (χ2v) is 9.40. The van der Waals surface area contributed by atoms with E-state index < -0.39 is 51.5 Å². The zero-order chi connectivity index (χ0) is 24.8. The molecule has 1 saturated carbocycles. The van der Waals surface area contributed by atoms with E-state index in [-0.39, 0.29) is 5.56 Å². The van der Waals surface area contributed by atoms with Gasteiger partial charge in [-0.2, -0.15) is 13.2 Å². The van der Waals surface area contributed by atoms with Gasteiger partial charge in [0.2, 0.25) is 0 Å². The lowest BCUT2D eigenvalue weighted by atomic mass is 9.84. The average molecular weight is 495 g/mol. The SMILES string of the molecule is O=C(OCCS(=O)(=O)[O-])c1ccc(C(F)(F)F)c(OC2(C#Cc3ccccc3)CCCCC2)c1. The molecular weight excluding hydrogens is 473 g/mol. The number of carbonyl (C=O) groups excluding carboxylic acids is 1. The first-order chi connectivity index (χ1) is 16.0. The van der Waals surface area contributed by atoms with Crippen molar-refractivity contribution in [3.05, 3.63) is 65.2 Å². The predicted molar refractivity (Wildman–Crippen MR) is 116 cm³/mol. The standard InChI is InChI=1S/C24H23F3O6S/c25-24(26,27)20-10-9-19(22(28)32-15-16-34(29,30)31)17-21(20)33-23(12-5-2-6-13-23)14-11-18-7-3-1-4-8-18/h1,3-4,7-10,17H,2,5-6,12-13,15-16H2,(H,29,30,31)/p-1. The molecule has 3 rings (SSSR count). The summed E-state index contributed by atoms with van der Waals surface area (Å²) in [4.78, 5) is 12.2. The van der Waals surface area contributed by atoms with Gasteiger partial charge in [-0.3, -0.25) is 0 Å². The fourth-order valence-electron chi connectivity index (χ4n) is 3.58. The maximum atomic E-state index is 13.7. The number of esters is 1. The zero-order valence-electron chi connectivity index (χ0n) is 18.1. The molecule has 0 bridgehead atoms. The minimum atomic E-state index is -4.75. The molecule has 1 aliphatic carbocycles. The average Bonchev–Trinajstić information content (AvgIpc) is 2.77. The fraction of sp³-hybridized carbons (Fsp3) is 0.375. The van der Waals surface area contributed by atoms with Gasteiger partial charge in [0.25, 0.3) is 0 Å². The largest absolute Gasteiger partial charge is 0.748 e. The van der Waals surface area contributed by atoms with Crippen molar-refractivity contribution in [3.63, 3.8) is 0 Å². The molecule has 1 aliphatic rings. The third-order valence-electron chi connectivity index (χ3n) is 5.26. The van der Waals surface area contributed by atoms with Crippen LogP contribution in [0.4, 0.5) is 13.2 Å². The number of benzene rings is 2.